The molecule has 102 valence electrons. The van der Waals surface area contributed by atoms with Crippen LogP contribution in [0.5, 0.6) is 0 Å². The number of rotatable bonds is 3. The summed E-state index contributed by atoms with van der Waals surface area (Å²) in [5.41, 5.74) is -0.321. The molecule has 0 aliphatic carbocycles. The molecule has 2 unspecified atom stereocenters. The number of carboxylic acids is 1. The number of hydrogen-bond acceptors (Lipinski definition) is 5. The Labute approximate surface area is 110 Å². The Bertz CT molecular complexity index is 532. The third-order valence-electron chi connectivity index (χ3n) is 3.33. The van der Waals surface area contributed by atoms with Crippen LogP contribution < -0.4 is 4.90 Å². The van der Waals surface area contributed by atoms with Crippen LogP contribution in [0, 0.1) is 16.0 Å². The Morgan fingerprint density at radius 3 is 2.68 bits per heavy atom. The van der Waals surface area contributed by atoms with E-state index in [4.69, 9.17) is 5.11 Å². The molecular weight excluding hydrogens is 250 g/mol. The highest BCUT2D eigenvalue weighted by Gasteiger charge is 2.32. The molecule has 7 heteroatoms. The SMILES string of the molecule is CC1CC(C)N(c2nc(C(=O)O)ccc2[N+](=O)[O-])C1. The molecule has 2 atom stereocenters. The number of carboxylic acid groups (broad SMARTS) is 1. The molecule has 2 rings (SSSR count). The molecule has 1 saturated heterocycles. The van der Waals surface area contributed by atoms with Crippen molar-refractivity contribution < 1.29 is 14.8 Å². The normalized spacial score (nSPS) is 22.5. The van der Waals surface area contributed by atoms with Gasteiger partial charge in [-0.2, -0.15) is 0 Å². The lowest BCUT2D eigenvalue weighted by Crippen LogP contribution is -2.29. The van der Waals surface area contributed by atoms with Crippen LogP contribution in [0.15, 0.2) is 12.1 Å². The van der Waals surface area contributed by atoms with E-state index in [1.165, 1.54) is 6.07 Å². The van der Waals surface area contributed by atoms with Crippen molar-refractivity contribution in [3.05, 3.63) is 27.9 Å². The van der Waals surface area contributed by atoms with Gasteiger partial charge in [0, 0.05) is 18.7 Å². The number of aromatic carboxylic acids is 1. The number of hydrogen-bond donors (Lipinski definition) is 1. The lowest BCUT2D eigenvalue weighted by molar-refractivity contribution is -0.384. The summed E-state index contributed by atoms with van der Waals surface area (Å²) in [7, 11) is 0. The maximum absolute atomic E-state index is 11.0. The van der Waals surface area contributed by atoms with E-state index in [-0.39, 0.29) is 23.2 Å². The number of nitrogens with zero attached hydrogens (tertiary/aromatic N) is 3. The first kappa shape index (κ1) is 13.3. The molecule has 2 heterocycles. The van der Waals surface area contributed by atoms with Gasteiger partial charge in [0.2, 0.25) is 5.82 Å². The molecule has 1 aliphatic heterocycles. The second-order valence-corrected chi connectivity index (χ2v) is 4.94. The topological polar surface area (TPSA) is 96.6 Å². The van der Waals surface area contributed by atoms with Crippen molar-refractivity contribution in [3.8, 4) is 0 Å². The standard InChI is InChI=1S/C12H15N3O4/c1-7-5-8(2)14(6-7)11-10(15(18)19)4-3-9(13-11)12(16)17/h3-4,7-8H,5-6H2,1-2H3,(H,16,17). The maximum atomic E-state index is 11.0. The third kappa shape index (κ3) is 2.49. The fraction of sp³-hybridized carbons (Fsp3) is 0.500. The van der Waals surface area contributed by atoms with Crippen molar-refractivity contribution in [2.24, 2.45) is 5.92 Å². The predicted molar refractivity (Wildman–Crippen MR) is 68.4 cm³/mol. The molecule has 0 radical (unpaired) electrons. The predicted octanol–water partition coefficient (Wildman–Crippen LogP) is 1.92. The minimum absolute atomic E-state index is 0.116. The van der Waals surface area contributed by atoms with Crippen LogP contribution in [0.4, 0.5) is 11.5 Å². The van der Waals surface area contributed by atoms with Gasteiger partial charge in [-0.3, -0.25) is 10.1 Å². The Hall–Kier alpha value is -2.18. The molecule has 7 nitrogen and oxygen atoms in total. The summed E-state index contributed by atoms with van der Waals surface area (Å²) in [6.07, 6.45) is 0.913. The second kappa shape index (κ2) is 4.83. The molecule has 1 aromatic rings. The van der Waals surface area contributed by atoms with Gasteiger partial charge < -0.3 is 10.0 Å². The van der Waals surface area contributed by atoms with Crippen LogP contribution in [-0.4, -0.2) is 33.6 Å². The van der Waals surface area contributed by atoms with Crippen LogP contribution in [0.1, 0.15) is 30.8 Å². The highest BCUT2D eigenvalue weighted by atomic mass is 16.6. The summed E-state index contributed by atoms with van der Waals surface area (Å²) < 4.78 is 0. The van der Waals surface area contributed by atoms with E-state index in [2.05, 4.69) is 11.9 Å². The average Bonchev–Trinajstić information content (AvgIpc) is 2.67. The van der Waals surface area contributed by atoms with E-state index >= 15 is 0 Å². The molecule has 1 N–H and O–H groups in total. The van der Waals surface area contributed by atoms with Gasteiger partial charge in [-0.15, -0.1) is 0 Å². The van der Waals surface area contributed by atoms with Gasteiger partial charge in [0.05, 0.1) is 4.92 Å². The Kier molecular flexibility index (Phi) is 3.37. The number of nitro groups is 1. The van der Waals surface area contributed by atoms with E-state index in [1.54, 1.807) is 0 Å². The zero-order valence-corrected chi connectivity index (χ0v) is 10.7. The van der Waals surface area contributed by atoms with Crippen LogP contribution in [0.25, 0.3) is 0 Å². The largest absolute Gasteiger partial charge is 0.477 e. The minimum Gasteiger partial charge on any atom is -0.477 e. The molecule has 0 amide bonds. The van der Waals surface area contributed by atoms with Crippen molar-refractivity contribution in [1.29, 1.82) is 0 Å². The van der Waals surface area contributed by atoms with Crippen LogP contribution in [-0.2, 0) is 0 Å². The van der Waals surface area contributed by atoms with Crippen molar-refractivity contribution in [1.82, 2.24) is 4.98 Å². The Morgan fingerprint density at radius 2 is 2.21 bits per heavy atom. The molecule has 0 bridgehead atoms. The number of pyridine rings is 1. The van der Waals surface area contributed by atoms with Crippen LogP contribution in [0.3, 0.4) is 0 Å². The zero-order valence-electron chi connectivity index (χ0n) is 10.7. The average molecular weight is 265 g/mol. The highest BCUT2D eigenvalue weighted by molar-refractivity contribution is 5.86. The van der Waals surface area contributed by atoms with Gasteiger partial charge in [0.15, 0.2) is 5.69 Å². The van der Waals surface area contributed by atoms with Gasteiger partial charge in [0.25, 0.3) is 0 Å². The van der Waals surface area contributed by atoms with E-state index in [9.17, 15) is 14.9 Å². The Morgan fingerprint density at radius 1 is 1.53 bits per heavy atom. The summed E-state index contributed by atoms with van der Waals surface area (Å²) in [5.74, 6) is -0.623. The third-order valence-corrected chi connectivity index (χ3v) is 3.33. The number of aromatic nitrogens is 1. The second-order valence-electron chi connectivity index (χ2n) is 4.94. The molecule has 0 spiro atoms. The van der Waals surface area contributed by atoms with Crippen molar-refractivity contribution >= 4 is 17.5 Å². The number of carbonyl (C=O) groups is 1. The van der Waals surface area contributed by atoms with E-state index in [1.807, 2.05) is 11.8 Å². The van der Waals surface area contributed by atoms with Gasteiger partial charge in [0.1, 0.15) is 0 Å². The quantitative estimate of drug-likeness (QED) is 0.662. The summed E-state index contributed by atoms with van der Waals surface area (Å²) in [6, 6.07) is 2.49. The van der Waals surface area contributed by atoms with Crippen molar-refractivity contribution in [2.45, 2.75) is 26.3 Å². The van der Waals surface area contributed by atoms with Crippen molar-refractivity contribution in [2.75, 3.05) is 11.4 Å². The Balaban J connectivity index is 2.49. The maximum Gasteiger partial charge on any atom is 0.354 e. The van der Waals surface area contributed by atoms with E-state index < -0.39 is 10.9 Å². The molecule has 0 aromatic carbocycles. The van der Waals surface area contributed by atoms with Crippen molar-refractivity contribution in [3.63, 3.8) is 0 Å². The summed E-state index contributed by atoms with van der Waals surface area (Å²) in [6.45, 7) is 4.67. The van der Waals surface area contributed by atoms with Gasteiger partial charge >= 0.3 is 11.7 Å². The van der Waals surface area contributed by atoms with Gasteiger partial charge in [-0.05, 0) is 25.3 Å². The summed E-state index contributed by atoms with van der Waals surface area (Å²) in [5, 5.41) is 20.0. The van der Waals surface area contributed by atoms with E-state index in [0.29, 0.717) is 12.5 Å². The molecular formula is C12H15N3O4. The monoisotopic (exact) mass is 265 g/mol. The molecule has 1 fully saturated rings. The van der Waals surface area contributed by atoms with Gasteiger partial charge in [-0.25, -0.2) is 9.78 Å². The zero-order chi connectivity index (χ0) is 14.2. The molecule has 1 aromatic heterocycles. The summed E-state index contributed by atoms with van der Waals surface area (Å²) >= 11 is 0. The number of anilines is 1. The fourth-order valence-corrected chi connectivity index (χ4v) is 2.51. The van der Waals surface area contributed by atoms with Crippen LogP contribution >= 0.6 is 0 Å². The lowest BCUT2D eigenvalue weighted by atomic mass is 10.1. The highest BCUT2D eigenvalue weighted by Crippen LogP contribution is 2.33. The fourth-order valence-electron chi connectivity index (χ4n) is 2.51. The molecule has 0 saturated carbocycles. The smallest absolute Gasteiger partial charge is 0.354 e. The van der Waals surface area contributed by atoms with Crippen LogP contribution in [0.2, 0.25) is 0 Å². The van der Waals surface area contributed by atoms with Gasteiger partial charge in [-0.1, -0.05) is 6.92 Å². The first-order chi connectivity index (χ1) is 8.90. The first-order valence-corrected chi connectivity index (χ1v) is 6.05. The van der Waals surface area contributed by atoms with E-state index in [0.717, 1.165) is 12.5 Å². The summed E-state index contributed by atoms with van der Waals surface area (Å²) in [4.78, 5) is 27.2. The molecule has 1 aliphatic rings. The molecule has 19 heavy (non-hydrogen) atoms. The minimum atomic E-state index is -1.18. The lowest BCUT2D eigenvalue weighted by Gasteiger charge is -2.22. The first-order valence-electron chi connectivity index (χ1n) is 6.05.